The van der Waals surface area contributed by atoms with Crippen molar-refractivity contribution in [2.45, 2.75) is 27.0 Å². The lowest BCUT2D eigenvalue weighted by atomic mass is 10.4. The van der Waals surface area contributed by atoms with Crippen LogP contribution in [0.25, 0.3) is 0 Å². The number of imide groups is 4. The minimum atomic E-state index is -0.982. The lowest BCUT2D eigenvalue weighted by Crippen LogP contribution is -2.37. The number of methoxy groups -OCH3 is 1. The molecule has 4 aromatic carbocycles. The van der Waals surface area contributed by atoms with Crippen molar-refractivity contribution in [3.8, 4) is 0 Å². The van der Waals surface area contributed by atoms with Crippen LogP contribution in [-0.2, 0) is 23.9 Å². The molecule has 240 valence electrons. The molecule has 0 unspecified atom stereocenters. The molecule has 12 heteroatoms. The smallest absolute Gasteiger partial charge is 0.423 e. The van der Waals surface area contributed by atoms with E-state index < -0.39 is 17.9 Å². The van der Waals surface area contributed by atoms with Gasteiger partial charge in [-0.3, -0.25) is 24.5 Å². The molecule has 4 aromatic rings. The lowest BCUT2D eigenvalue weighted by molar-refractivity contribution is -0.134. The maximum absolute atomic E-state index is 12.6. The van der Waals surface area contributed by atoms with Gasteiger partial charge in [0.1, 0.15) is 0 Å². The number of hydrogen-bond donors (Lipinski definition) is 1. The first-order chi connectivity index (χ1) is 22.4. The molecule has 0 fully saturated rings. The average Bonchev–Trinajstić information content (AvgIpc) is 3.47. The van der Waals surface area contributed by atoms with Crippen molar-refractivity contribution in [3.05, 3.63) is 141 Å². The second-order valence-electron chi connectivity index (χ2n) is 9.18. The van der Waals surface area contributed by atoms with Crippen molar-refractivity contribution < 1.29 is 30.1 Å². The van der Waals surface area contributed by atoms with Gasteiger partial charge in [-0.25, -0.2) is 4.79 Å². The Labute approximate surface area is 290 Å². The van der Waals surface area contributed by atoms with Crippen LogP contribution in [0.3, 0.4) is 0 Å². The number of carbonyl (C=O) groups excluding carboxylic acids is 5. The standard InChI is InChI=1S/C18H13NO4S2.C16H11NO2S2.CH4.H/c1-23-18(22)19-16(20)14(24-12-8-4-2-5-9-12)15(17(19)21)25-13-10-6-3-7-11-13;18-15-13(20-11-7-3-1-4-8-11)14(16(19)17-15)21-12-9-5-2-6-10-12;;/h2-11H,1H3;1-10H,(H,17,18,19);1H4;/q;;;-1/i;;;1+1. The summed E-state index contributed by atoms with van der Waals surface area (Å²) in [6.45, 7) is 0. The summed E-state index contributed by atoms with van der Waals surface area (Å²) in [6, 6.07) is 37.5. The molecule has 0 bridgehead atoms. The number of amides is 5. The zero-order valence-corrected chi connectivity index (χ0v) is 27.3. The Bertz CT molecular complexity index is 1720. The van der Waals surface area contributed by atoms with Gasteiger partial charge < -0.3 is 6.16 Å². The Morgan fingerprint density at radius 1 is 0.532 bits per heavy atom. The Morgan fingerprint density at radius 2 is 0.809 bits per heavy atom. The molecule has 2 aliphatic heterocycles. The third-order valence-electron chi connectivity index (χ3n) is 6.06. The van der Waals surface area contributed by atoms with Crippen LogP contribution in [-0.4, -0.2) is 41.7 Å². The van der Waals surface area contributed by atoms with Crippen molar-refractivity contribution in [1.29, 1.82) is 0 Å². The topological polar surface area (TPSA) is 110 Å². The van der Waals surface area contributed by atoms with Gasteiger partial charge in [-0.15, -0.1) is 0 Å². The molecule has 0 aromatic heterocycles. The first-order valence-electron chi connectivity index (χ1n) is 13.6. The summed E-state index contributed by atoms with van der Waals surface area (Å²) in [7, 11) is 1.13. The maximum Gasteiger partial charge on any atom is 0.423 e. The predicted octanol–water partition coefficient (Wildman–Crippen LogP) is 8.11. The van der Waals surface area contributed by atoms with E-state index in [1.54, 1.807) is 0 Å². The summed E-state index contributed by atoms with van der Waals surface area (Å²) >= 11 is 4.95. The molecule has 47 heavy (non-hydrogen) atoms. The van der Waals surface area contributed by atoms with Crippen LogP contribution in [0.4, 0.5) is 4.79 Å². The zero-order valence-electron chi connectivity index (χ0n) is 25.1. The molecule has 8 nitrogen and oxygen atoms in total. The van der Waals surface area contributed by atoms with E-state index in [4.69, 9.17) is 0 Å². The Hall–Kier alpha value is -4.49. The minimum absolute atomic E-state index is 0. The van der Waals surface area contributed by atoms with E-state index in [9.17, 15) is 24.0 Å². The largest absolute Gasteiger partial charge is 1.00 e. The molecule has 0 spiro atoms. The number of carbonyl (C=O) groups is 5. The Morgan fingerprint density at radius 3 is 1.09 bits per heavy atom. The van der Waals surface area contributed by atoms with Gasteiger partial charge in [0.15, 0.2) is 0 Å². The van der Waals surface area contributed by atoms with Gasteiger partial charge in [-0.2, -0.15) is 4.90 Å². The molecule has 0 aliphatic carbocycles. The molecular weight excluding hydrogens is 673 g/mol. The van der Waals surface area contributed by atoms with E-state index in [2.05, 4.69) is 10.1 Å². The highest BCUT2D eigenvalue weighted by Gasteiger charge is 2.44. The molecule has 2 aliphatic rings. The van der Waals surface area contributed by atoms with Gasteiger partial charge in [-0.05, 0) is 48.5 Å². The molecule has 2 heterocycles. The highest BCUT2D eigenvalue weighted by Crippen LogP contribution is 2.43. The van der Waals surface area contributed by atoms with Gasteiger partial charge >= 0.3 is 6.09 Å². The molecule has 0 saturated heterocycles. The van der Waals surface area contributed by atoms with Crippen LogP contribution in [0.2, 0.25) is 0 Å². The summed E-state index contributed by atoms with van der Waals surface area (Å²) in [6.07, 6.45) is -0.982. The number of benzene rings is 4. The van der Waals surface area contributed by atoms with Gasteiger partial charge in [0, 0.05) is 19.6 Å². The molecule has 0 radical (unpaired) electrons. The highest BCUT2D eigenvalue weighted by molar-refractivity contribution is 8.08. The van der Waals surface area contributed by atoms with Crippen LogP contribution in [0.5, 0.6) is 0 Å². The minimum Gasteiger partial charge on any atom is -1.00 e. The number of nitrogens with zero attached hydrogens (tertiary/aromatic N) is 1. The van der Waals surface area contributed by atoms with Crippen LogP contribution in [0.15, 0.2) is 161 Å². The van der Waals surface area contributed by atoms with Gasteiger partial charge in [0.25, 0.3) is 23.6 Å². The van der Waals surface area contributed by atoms with Crippen LogP contribution < -0.4 is 5.32 Å². The molecule has 5 amide bonds. The van der Waals surface area contributed by atoms with Crippen molar-refractivity contribution in [1.82, 2.24) is 10.2 Å². The van der Waals surface area contributed by atoms with E-state index in [-0.39, 0.29) is 30.5 Å². The fourth-order valence-corrected chi connectivity index (χ4v) is 7.95. The van der Waals surface area contributed by atoms with Gasteiger partial charge in [0.05, 0.1) is 26.7 Å². The SMILES string of the molecule is C.COC(=O)N1C(=O)C(Sc2ccccc2)=C(Sc2ccccc2)C1=O.O=C1NC(=O)C(Sc2ccccc2)=C1Sc1ccccc1.[2H-]. The Kier molecular flexibility index (Phi) is 12.7. The third-order valence-corrected chi connectivity index (χ3v) is 10.7. The van der Waals surface area contributed by atoms with E-state index in [1.165, 1.54) is 23.5 Å². The summed E-state index contributed by atoms with van der Waals surface area (Å²) < 4.78 is 4.57. The monoisotopic (exact) mass is 702 g/mol. The van der Waals surface area contributed by atoms with Crippen molar-refractivity contribution in [2.24, 2.45) is 0 Å². The van der Waals surface area contributed by atoms with Gasteiger partial charge in [0.2, 0.25) is 0 Å². The second kappa shape index (κ2) is 16.9. The van der Waals surface area contributed by atoms with E-state index in [0.29, 0.717) is 14.7 Å². The number of ether oxygens (including phenoxy) is 1. The average molecular weight is 703 g/mol. The maximum atomic E-state index is 12.6. The fraction of sp³-hybridized carbons (Fsp3) is 0.0571. The summed E-state index contributed by atoms with van der Waals surface area (Å²) in [4.78, 5) is 66.4. The van der Waals surface area contributed by atoms with Crippen molar-refractivity contribution in [2.75, 3.05) is 7.11 Å². The summed E-state index contributed by atoms with van der Waals surface area (Å²) in [5.41, 5.74) is 0. The van der Waals surface area contributed by atoms with E-state index in [1.807, 2.05) is 121 Å². The lowest BCUT2D eigenvalue weighted by Gasteiger charge is -2.10. The summed E-state index contributed by atoms with van der Waals surface area (Å²) in [5, 5.41) is 2.36. The first-order valence-corrected chi connectivity index (χ1v) is 16.8. The zero-order chi connectivity index (χ0) is 32.5. The van der Waals surface area contributed by atoms with E-state index in [0.717, 1.165) is 50.2 Å². The predicted molar refractivity (Wildman–Crippen MR) is 188 cm³/mol. The highest BCUT2D eigenvalue weighted by atomic mass is 32.2. The number of thioether (sulfide) groups is 4. The molecule has 0 saturated carbocycles. The number of rotatable bonds is 8. The number of hydrogen-bond acceptors (Lipinski definition) is 10. The quantitative estimate of drug-likeness (QED) is 0.181. The molecular formula is C35H29N2O6S4-. The van der Waals surface area contributed by atoms with Crippen LogP contribution >= 0.6 is 47.0 Å². The molecule has 0 atom stereocenters. The Balaban J connectivity index is 0.000000253. The number of nitrogens with one attached hydrogen (secondary N) is 1. The van der Waals surface area contributed by atoms with E-state index >= 15 is 0 Å². The molecule has 6 rings (SSSR count). The normalized spacial score (nSPS) is 14.0. The van der Waals surface area contributed by atoms with Crippen molar-refractivity contribution in [3.63, 3.8) is 0 Å². The second-order valence-corrected chi connectivity index (χ2v) is 13.5. The third kappa shape index (κ3) is 8.86. The van der Waals surface area contributed by atoms with Gasteiger partial charge in [-0.1, -0.05) is 127 Å². The van der Waals surface area contributed by atoms with Crippen LogP contribution in [0, 0.1) is 0 Å². The molecule has 1 N–H and O–H groups in total. The summed E-state index contributed by atoms with van der Waals surface area (Å²) in [5.74, 6) is -1.98. The van der Waals surface area contributed by atoms with Crippen molar-refractivity contribution >= 4 is 76.8 Å². The van der Waals surface area contributed by atoms with Crippen LogP contribution in [0.1, 0.15) is 8.85 Å². The first kappa shape index (κ1) is 35.4. The fourth-order valence-electron chi connectivity index (χ4n) is 3.96.